The molecule has 112 valence electrons. The number of nitrogens with two attached hydrogens (primary N) is 1. The Morgan fingerprint density at radius 2 is 2.19 bits per heavy atom. The maximum Gasteiger partial charge on any atom is 0.227 e. The standard InChI is InChI=1S/C13H18N6OS/c14-11-1-2-16-13(17-11)19-5-4-18(7-10(20)8-19)9-12-15-3-6-21-12/h1-3,6,10,20H,4-5,7-9H2,(H2,14,16,17)/t10-/m1/s1. The molecule has 8 heteroatoms. The third-order valence-corrected chi connectivity index (χ3v) is 4.14. The van der Waals surface area contributed by atoms with E-state index in [0.717, 1.165) is 24.6 Å². The molecular formula is C13H18N6OS. The highest BCUT2D eigenvalue weighted by atomic mass is 32.1. The molecule has 1 saturated heterocycles. The molecule has 3 heterocycles. The lowest BCUT2D eigenvalue weighted by Crippen LogP contribution is -2.34. The number of aliphatic hydroxyl groups excluding tert-OH is 1. The zero-order chi connectivity index (χ0) is 14.7. The van der Waals surface area contributed by atoms with Crippen molar-refractivity contribution in [3.05, 3.63) is 28.8 Å². The summed E-state index contributed by atoms with van der Waals surface area (Å²) in [7, 11) is 0. The molecule has 0 saturated carbocycles. The number of thiazole rings is 1. The van der Waals surface area contributed by atoms with Gasteiger partial charge in [-0.3, -0.25) is 4.90 Å². The molecule has 2 aromatic heterocycles. The largest absolute Gasteiger partial charge is 0.390 e. The summed E-state index contributed by atoms with van der Waals surface area (Å²) in [5.41, 5.74) is 5.70. The Bertz CT molecular complexity index is 578. The van der Waals surface area contributed by atoms with Gasteiger partial charge in [0.05, 0.1) is 12.6 Å². The number of β-amino-alcohol motifs (C(OH)–C–C–N with tert-alkyl or cyclic N) is 1. The number of nitrogens with zero attached hydrogens (tertiary/aromatic N) is 5. The van der Waals surface area contributed by atoms with Gasteiger partial charge in [0.1, 0.15) is 10.8 Å². The average molecular weight is 306 g/mol. The topological polar surface area (TPSA) is 91.4 Å². The van der Waals surface area contributed by atoms with E-state index in [4.69, 9.17) is 5.73 Å². The Balaban J connectivity index is 1.68. The van der Waals surface area contributed by atoms with Crippen molar-refractivity contribution in [1.29, 1.82) is 0 Å². The Hall–Kier alpha value is -1.77. The molecule has 3 N–H and O–H groups in total. The minimum Gasteiger partial charge on any atom is -0.390 e. The number of hydrogen-bond donors (Lipinski definition) is 2. The van der Waals surface area contributed by atoms with E-state index in [1.807, 2.05) is 10.3 Å². The first kappa shape index (κ1) is 14.2. The van der Waals surface area contributed by atoms with Crippen LogP contribution >= 0.6 is 11.3 Å². The molecule has 0 aliphatic carbocycles. The molecule has 0 spiro atoms. The molecule has 0 radical (unpaired) electrons. The first-order valence-electron chi connectivity index (χ1n) is 6.83. The molecule has 1 fully saturated rings. The fourth-order valence-electron chi connectivity index (χ4n) is 2.42. The monoisotopic (exact) mass is 306 g/mol. The van der Waals surface area contributed by atoms with Crippen LogP contribution in [0.2, 0.25) is 0 Å². The Labute approximate surface area is 127 Å². The summed E-state index contributed by atoms with van der Waals surface area (Å²) in [6.07, 6.45) is 3.00. The van der Waals surface area contributed by atoms with Crippen LogP contribution in [-0.2, 0) is 6.54 Å². The second-order valence-electron chi connectivity index (χ2n) is 5.04. The van der Waals surface area contributed by atoms with Crippen LogP contribution < -0.4 is 10.6 Å². The van der Waals surface area contributed by atoms with Gasteiger partial charge in [-0.1, -0.05) is 0 Å². The van der Waals surface area contributed by atoms with E-state index in [9.17, 15) is 5.11 Å². The molecule has 0 amide bonds. The zero-order valence-electron chi connectivity index (χ0n) is 11.6. The smallest absolute Gasteiger partial charge is 0.227 e. The summed E-state index contributed by atoms with van der Waals surface area (Å²) < 4.78 is 0. The van der Waals surface area contributed by atoms with E-state index in [1.165, 1.54) is 0 Å². The van der Waals surface area contributed by atoms with Crippen LogP contribution in [0.4, 0.5) is 11.8 Å². The fraction of sp³-hybridized carbons (Fsp3) is 0.462. The molecule has 1 atom stereocenters. The van der Waals surface area contributed by atoms with Crippen molar-refractivity contribution in [2.45, 2.75) is 12.6 Å². The normalized spacial score (nSPS) is 20.4. The van der Waals surface area contributed by atoms with Crippen molar-refractivity contribution in [2.75, 3.05) is 36.8 Å². The van der Waals surface area contributed by atoms with Gasteiger partial charge in [0.25, 0.3) is 0 Å². The van der Waals surface area contributed by atoms with Crippen LogP contribution in [0.1, 0.15) is 5.01 Å². The van der Waals surface area contributed by atoms with Crippen LogP contribution in [0.15, 0.2) is 23.8 Å². The van der Waals surface area contributed by atoms with E-state index in [1.54, 1.807) is 29.8 Å². The lowest BCUT2D eigenvalue weighted by atomic mass is 10.3. The van der Waals surface area contributed by atoms with Crippen molar-refractivity contribution < 1.29 is 5.11 Å². The highest BCUT2D eigenvalue weighted by Crippen LogP contribution is 2.15. The van der Waals surface area contributed by atoms with Crippen molar-refractivity contribution in [3.8, 4) is 0 Å². The first-order valence-corrected chi connectivity index (χ1v) is 7.71. The lowest BCUT2D eigenvalue weighted by Gasteiger charge is -2.21. The number of rotatable bonds is 3. The SMILES string of the molecule is Nc1ccnc(N2CCN(Cc3nccs3)C[C@@H](O)C2)n1. The average Bonchev–Trinajstić information content (AvgIpc) is 2.88. The van der Waals surface area contributed by atoms with Crippen molar-refractivity contribution in [3.63, 3.8) is 0 Å². The zero-order valence-corrected chi connectivity index (χ0v) is 12.4. The van der Waals surface area contributed by atoms with E-state index < -0.39 is 6.10 Å². The first-order chi connectivity index (χ1) is 10.2. The van der Waals surface area contributed by atoms with Gasteiger partial charge in [-0.2, -0.15) is 4.98 Å². The van der Waals surface area contributed by atoms with Gasteiger partial charge in [-0.25, -0.2) is 9.97 Å². The minimum atomic E-state index is -0.447. The molecule has 0 unspecified atom stereocenters. The van der Waals surface area contributed by atoms with E-state index in [0.29, 0.717) is 24.9 Å². The fourth-order valence-corrected chi connectivity index (χ4v) is 3.07. The quantitative estimate of drug-likeness (QED) is 0.837. The summed E-state index contributed by atoms with van der Waals surface area (Å²) in [6.45, 7) is 3.48. The van der Waals surface area contributed by atoms with Crippen LogP contribution in [0.3, 0.4) is 0 Å². The third-order valence-electron chi connectivity index (χ3n) is 3.38. The summed E-state index contributed by atoms with van der Waals surface area (Å²) in [5.74, 6) is 1.02. The predicted molar refractivity (Wildman–Crippen MR) is 82.1 cm³/mol. The van der Waals surface area contributed by atoms with E-state index in [2.05, 4.69) is 19.9 Å². The van der Waals surface area contributed by atoms with Crippen molar-refractivity contribution >= 4 is 23.1 Å². The number of aromatic nitrogens is 3. The van der Waals surface area contributed by atoms with E-state index in [-0.39, 0.29) is 0 Å². The summed E-state index contributed by atoms with van der Waals surface area (Å²) in [5, 5.41) is 13.2. The highest BCUT2D eigenvalue weighted by Gasteiger charge is 2.23. The number of hydrogen-bond acceptors (Lipinski definition) is 8. The molecule has 2 aromatic rings. The van der Waals surface area contributed by atoms with Gasteiger partial charge < -0.3 is 15.7 Å². The van der Waals surface area contributed by atoms with Gasteiger partial charge in [0, 0.05) is 44.0 Å². The number of anilines is 2. The minimum absolute atomic E-state index is 0.443. The van der Waals surface area contributed by atoms with Crippen LogP contribution in [-0.4, -0.2) is 57.2 Å². The number of nitrogen functional groups attached to an aromatic ring is 1. The lowest BCUT2D eigenvalue weighted by molar-refractivity contribution is 0.129. The molecule has 7 nitrogen and oxygen atoms in total. The van der Waals surface area contributed by atoms with E-state index >= 15 is 0 Å². The number of aliphatic hydroxyl groups is 1. The maximum absolute atomic E-state index is 10.2. The second kappa shape index (κ2) is 6.33. The highest BCUT2D eigenvalue weighted by molar-refractivity contribution is 7.09. The van der Waals surface area contributed by atoms with Crippen molar-refractivity contribution in [1.82, 2.24) is 19.9 Å². The summed E-state index contributed by atoms with van der Waals surface area (Å²) >= 11 is 1.63. The van der Waals surface area contributed by atoms with Gasteiger partial charge in [0.2, 0.25) is 5.95 Å². The molecule has 1 aliphatic rings. The van der Waals surface area contributed by atoms with Gasteiger partial charge in [-0.05, 0) is 6.07 Å². The second-order valence-corrected chi connectivity index (χ2v) is 6.02. The Kier molecular flexibility index (Phi) is 4.28. The summed E-state index contributed by atoms with van der Waals surface area (Å²) in [4.78, 5) is 16.9. The predicted octanol–water partition coefficient (Wildman–Crippen LogP) is 0.198. The molecule has 21 heavy (non-hydrogen) atoms. The Morgan fingerprint density at radius 1 is 1.29 bits per heavy atom. The van der Waals surface area contributed by atoms with Crippen molar-refractivity contribution in [2.24, 2.45) is 0 Å². The van der Waals surface area contributed by atoms with Crippen LogP contribution in [0.5, 0.6) is 0 Å². The molecule has 1 aliphatic heterocycles. The van der Waals surface area contributed by atoms with Gasteiger partial charge >= 0.3 is 0 Å². The third kappa shape index (κ3) is 3.66. The summed E-state index contributed by atoms with van der Waals surface area (Å²) in [6, 6.07) is 1.66. The molecule has 0 aromatic carbocycles. The molecule has 3 rings (SSSR count). The van der Waals surface area contributed by atoms with Crippen LogP contribution in [0, 0.1) is 0 Å². The van der Waals surface area contributed by atoms with Crippen LogP contribution in [0.25, 0.3) is 0 Å². The molecular weight excluding hydrogens is 288 g/mol. The molecule has 0 bridgehead atoms. The maximum atomic E-state index is 10.2. The van der Waals surface area contributed by atoms with Gasteiger partial charge in [-0.15, -0.1) is 11.3 Å². The Morgan fingerprint density at radius 3 is 2.95 bits per heavy atom. The van der Waals surface area contributed by atoms with Gasteiger partial charge in [0.15, 0.2) is 0 Å².